The van der Waals surface area contributed by atoms with Gasteiger partial charge in [-0.2, -0.15) is 0 Å². The van der Waals surface area contributed by atoms with Crippen LogP contribution in [0.15, 0.2) is 24.3 Å². The molecule has 1 aliphatic rings. The van der Waals surface area contributed by atoms with Crippen LogP contribution in [0.4, 0.5) is 0 Å². The van der Waals surface area contributed by atoms with E-state index in [-0.39, 0.29) is 12.5 Å². The first-order valence-electron chi connectivity index (χ1n) is 5.77. The zero-order valence-electron chi connectivity index (χ0n) is 9.23. The van der Waals surface area contributed by atoms with Gasteiger partial charge in [-0.05, 0) is 37.0 Å². The molecule has 1 saturated heterocycles. The van der Waals surface area contributed by atoms with Gasteiger partial charge in [0, 0.05) is 17.5 Å². The number of hydrogen-bond acceptors (Lipinski definition) is 2. The predicted molar refractivity (Wildman–Crippen MR) is 64.9 cm³/mol. The summed E-state index contributed by atoms with van der Waals surface area (Å²) >= 11 is 5.84. The van der Waals surface area contributed by atoms with Crippen LogP contribution in [0.1, 0.15) is 30.7 Å². The molecule has 1 aromatic rings. The van der Waals surface area contributed by atoms with E-state index in [4.69, 9.17) is 16.3 Å². The van der Waals surface area contributed by atoms with E-state index in [0.717, 1.165) is 36.5 Å². The van der Waals surface area contributed by atoms with Crippen LogP contribution in [0, 0.1) is 0 Å². The lowest BCUT2D eigenvalue weighted by molar-refractivity contribution is 0.0898. The van der Waals surface area contributed by atoms with Crippen molar-refractivity contribution in [3.8, 4) is 0 Å². The first-order valence-corrected chi connectivity index (χ1v) is 6.15. The van der Waals surface area contributed by atoms with Gasteiger partial charge in [0.1, 0.15) is 0 Å². The number of rotatable bonds is 4. The normalized spacial score (nSPS) is 22.2. The van der Waals surface area contributed by atoms with Crippen molar-refractivity contribution in [2.45, 2.75) is 31.3 Å². The minimum absolute atomic E-state index is 0.167. The van der Waals surface area contributed by atoms with Crippen molar-refractivity contribution in [3.63, 3.8) is 0 Å². The van der Waals surface area contributed by atoms with Crippen LogP contribution in [0.25, 0.3) is 0 Å². The lowest BCUT2D eigenvalue weighted by Crippen LogP contribution is -2.14. The second kappa shape index (κ2) is 5.67. The zero-order chi connectivity index (χ0) is 11.4. The fraction of sp³-hybridized carbons (Fsp3) is 0.538. The molecule has 1 aromatic carbocycles. The van der Waals surface area contributed by atoms with Crippen molar-refractivity contribution < 1.29 is 9.84 Å². The van der Waals surface area contributed by atoms with Gasteiger partial charge >= 0.3 is 0 Å². The Morgan fingerprint density at radius 2 is 2.12 bits per heavy atom. The van der Waals surface area contributed by atoms with E-state index < -0.39 is 0 Å². The summed E-state index contributed by atoms with van der Waals surface area (Å²) < 4.78 is 5.59. The monoisotopic (exact) mass is 240 g/mol. The van der Waals surface area contributed by atoms with Crippen LogP contribution in [-0.4, -0.2) is 24.4 Å². The minimum atomic E-state index is 0.167. The summed E-state index contributed by atoms with van der Waals surface area (Å²) in [6.45, 7) is 1.03. The Labute approximate surface area is 101 Å². The number of halogens is 1. The molecule has 0 saturated carbocycles. The lowest BCUT2D eigenvalue weighted by atomic mass is 9.93. The number of ether oxygens (including phenoxy) is 1. The largest absolute Gasteiger partial charge is 0.396 e. The Morgan fingerprint density at radius 3 is 2.69 bits per heavy atom. The summed E-state index contributed by atoms with van der Waals surface area (Å²) in [4.78, 5) is 0. The molecule has 2 rings (SSSR count). The highest BCUT2D eigenvalue weighted by Gasteiger charge is 2.21. The number of aliphatic hydroxyl groups is 1. The maximum atomic E-state index is 9.42. The third-order valence-corrected chi connectivity index (χ3v) is 3.39. The maximum Gasteiger partial charge on any atom is 0.0582 e. The molecule has 0 aromatic heterocycles. The summed E-state index contributed by atoms with van der Waals surface area (Å²) in [5.74, 6) is 0.167. The molecule has 88 valence electrons. The fourth-order valence-corrected chi connectivity index (χ4v) is 2.32. The Balaban J connectivity index is 2.00. The van der Waals surface area contributed by atoms with Gasteiger partial charge in [-0.3, -0.25) is 0 Å². The third kappa shape index (κ3) is 2.97. The molecule has 1 heterocycles. The van der Waals surface area contributed by atoms with Crippen molar-refractivity contribution in [1.82, 2.24) is 0 Å². The van der Waals surface area contributed by atoms with E-state index in [1.54, 1.807) is 0 Å². The summed E-state index contributed by atoms with van der Waals surface area (Å²) in [5.41, 5.74) is 1.14. The average Bonchev–Trinajstić information content (AvgIpc) is 2.80. The molecule has 3 heteroatoms. The van der Waals surface area contributed by atoms with E-state index in [1.165, 1.54) is 0 Å². The second-order valence-corrected chi connectivity index (χ2v) is 4.74. The van der Waals surface area contributed by atoms with Gasteiger partial charge < -0.3 is 9.84 Å². The molecular weight excluding hydrogens is 224 g/mol. The van der Waals surface area contributed by atoms with E-state index in [9.17, 15) is 5.11 Å². The van der Waals surface area contributed by atoms with Crippen molar-refractivity contribution in [1.29, 1.82) is 0 Å². The molecule has 16 heavy (non-hydrogen) atoms. The molecular formula is C13H17ClO2. The summed E-state index contributed by atoms with van der Waals surface area (Å²) in [7, 11) is 0. The molecule has 0 spiro atoms. The molecule has 2 nitrogen and oxygen atoms in total. The van der Waals surface area contributed by atoms with Crippen molar-refractivity contribution in [2.24, 2.45) is 0 Å². The number of aliphatic hydroxyl groups excluding tert-OH is 1. The van der Waals surface area contributed by atoms with Gasteiger partial charge in [0.2, 0.25) is 0 Å². The quantitative estimate of drug-likeness (QED) is 0.877. The highest BCUT2D eigenvalue weighted by atomic mass is 35.5. The highest BCUT2D eigenvalue weighted by molar-refractivity contribution is 6.30. The molecule has 0 aliphatic carbocycles. The number of benzene rings is 1. The van der Waals surface area contributed by atoms with E-state index in [0.29, 0.717) is 6.10 Å². The molecule has 1 aliphatic heterocycles. The van der Waals surface area contributed by atoms with Crippen LogP contribution >= 0.6 is 11.6 Å². The van der Waals surface area contributed by atoms with Gasteiger partial charge in [-0.15, -0.1) is 0 Å². The van der Waals surface area contributed by atoms with Crippen LogP contribution in [-0.2, 0) is 4.74 Å². The fourth-order valence-electron chi connectivity index (χ4n) is 2.20. The average molecular weight is 241 g/mol. The van der Waals surface area contributed by atoms with Gasteiger partial charge in [0.25, 0.3) is 0 Å². The molecule has 0 radical (unpaired) electrons. The first-order chi connectivity index (χ1) is 7.79. The highest BCUT2D eigenvalue weighted by Crippen LogP contribution is 2.27. The van der Waals surface area contributed by atoms with Crippen molar-refractivity contribution in [3.05, 3.63) is 34.9 Å². The van der Waals surface area contributed by atoms with Gasteiger partial charge in [0.05, 0.1) is 12.7 Å². The Bertz CT molecular complexity index is 317. The van der Waals surface area contributed by atoms with Crippen LogP contribution in [0.3, 0.4) is 0 Å². The summed E-state index contributed by atoms with van der Waals surface area (Å²) in [6, 6.07) is 7.71. The van der Waals surface area contributed by atoms with E-state index in [1.807, 2.05) is 24.3 Å². The van der Waals surface area contributed by atoms with Gasteiger partial charge in [-0.1, -0.05) is 23.7 Å². The molecule has 0 bridgehead atoms. The van der Waals surface area contributed by atoms with Crippen LogP contribution < -0.4 is 0 Å². The van der Waals surface area contributed by atoms with Crippen LogP contribution in [0.5, 0.6) is 0 Å². The molecule has 1 fully saturated rings. The molecule has 2 atom stereocenters. The zero-order valence-corrected chi connectivity index (χ0v) is 9.99. The van der Waals surface area contributed by atoms with E-state index >= 15 is 0 Å². The third-order valence-electron chi connectivity index (χ3n) is 3.13. The van der Waals surface area contributed by atoms with Crippen LogP contribution in [0.2, 0.25) is 5.02 Å². The number of hydrogen-bond donors (Lipinski definition) is 1. The second-order valence-electron chi connectivity index (χ2n) is 4.30. The molecule has 2 unspecified atom stereocenters. The Morgan fingerprint density at radius 1 is 1.38 bits per heavy atom. The Hall–Kier alpha value is -0.570. The predicted octanol–water partition coefficient (Wildman–Crippen LogP) is 2.99. The minimum Gasteiger partial charge on any atom is -0.396 e. The van der Waals surface area contributed by atoms with E-state index in [2.05, 4.69) is 0 Å². The van der Waals surface area contributed by atoms with Gasteiger partial charge in [0.15, 0.2) is 0 Å². The standard InChI is InChI=1S/C13H17ClO2/c14-12-5-3-10(4-6-12)11(9-15)8-13-2-1-7-16-13/h3-6,11,13,15H,1-2,7-9H2. The smallest absolute Gasteiger partial charge is 0.0582 e. The van der Waals surface area contributed by atoms with Gasteiger partial charge in [-0.25, -0.2) is 0 Å². The summed E-state index contributed by atoms with van der Waals surface area (Å²) in [5, 5.41) is 10.2. The molecule has 0 amide bonds. The molecule has 1 N–H and O–H groups in total. The SMILES string of the molecule is OCC(CC1CCCO1)c1ccc(Cl)cc1. The topological polar surface area (TPSA) is 29.5 Å². The maximum absolute atomic E-state index is 9.42. The first kappa shape index (κ1) is 11.9. The van der Waals surface area contributed by atoms with Crippen molar-refractivity contribution in [2.75, 3.05) is 13.2 Å². The lowest BCUT2D eigenvalue weighted by Gasteiger charge is -2.18. The van der Waals surface area contributed by atoms with Crippen molar-refractivity contribution >= 4 is 11.6 Å². The Kier molecular flexibility index (Phi) is 4.22. The summed E-state index contributed by atoms with van der Waals surface area (Å²) in [6.07, 6.45) is 3.47.